The Balaban J connectivity index is 2.66. The molecule has 0 spiro atoms. The van der Waals surface area contributed by atoms with Crippen molar-refractivity contribution in [2.75, 3.05) is 7.11 Å². The number of hydrogen-bond acceptors (Lipinski definition) is 2. The van der Waals surface area contributed by atoms with Crippen LogP contribution < -0.4 is 4.74 Å². The summed E-state index contributed by atoms with van der Waals surface area (Å²) in [4.78, 5) is 0. The van der Waals surface area contributed by atoms with Gasteiger partial charge in [0.2, 0.25) is 0 Å². The molecule has 1 aromatic carbocycles. The zero-order valence-electron chi connectivity index (χ0n) is 8.71. The third kappa shape index (κ3) is 3.54. The normalized spacial score (nSPS) is 10.6. The minimum absolute atomic E-state index is 0.677. The van der Waals surface area contributed by atoms with E-state index in [0.29, 0.717) is 5.25 Å². The minimum Gasteiger partial charge on any atom is -0.496 e. The van der Waals surface area contributed by atoms with Gasteiger partial charge in [0, 0.05) is 5.75 Å². The van der Waals surface area contributed by atoms with Gasteiger partial charge in [-0.2, -0.15) is 11.8 Å². The van der Waals surface area contributed by atoms with Crippen LogP contribution in [0.3, 0.4) is 0 Å². The Morgan fingerprint density at radius 1 is 1.43 bits per heavy atom. The van der Waals surface area contributed by atoms with Crippen LogP contribution in [0.1, 0.15) is 19.4 Å². The molecule has 0 aliphatic rings. The molecule has 14 heavy (non-hydrogen) atoms. The highest BCUT2D eigenvalue weighted by atomic mass is 79.9. The minimum atomic E-state index is 0.677. The van der Waals surface area contributed by atoms with Gasteiger partial charge in [0.1, 0.15) is 5.75 Å². The van der Waals surface area contributed by atoms with Crippen molar-refractivity contribution in [2.45, 2.75) is 24.9 Å². The van der Waals surface area contributed by atoms with Gasteiger partial charge in [-0.05, 0) is 38.9 Å². The molecular formula is C11H15BrOS. The molecule has 3 heteroatoms. The lowest BCUT2D eigenvalue weighted by Crippen LogP contribution is -1.90. The Hall–Kier alpha value is -0.150. The van der Waals surface area contributed by atoms with Crippen LogP contribution in [0.5, 0.6) is 5.75 Å². The number of hydrogen-bond donors (Lipinski definition) is 0. The van der Waals surface area contributed by atoms with Crippen LogP contribution in [0.25, 0.3) is 0 Å². The summed E-state index contributed by atoms with van der Waals surface area (Å²) in [5.41, 5.74) is 1.33. The second-order valence-electron chi connectivity index (χ2n) is 3.33. The fraction of sp³-hybridized carbons (Fsp3) is 0.455. The zero-order valence-corrected chi connectivity index (χ0v) is 11.1. The van der Waals surface area contributed by atoms with E-state index in [2.05, 4.69) is 41.9 Å². The Labute approximate surface area is 98.4 Å². The van der Waals surface area contributed by atoms with Gasteiger partial charge in [0.25, 0.3) is 0 Å². The fourth-order valence-corrected chi connectivity index (χ4v) is 2.36. The van der Waals surface area contributed by atoms with E-state index < -0.39 is 0 Å². The first-order chi connectivity index (χ1) is 6.63. The van der Waals surface area contributed by atoms with Gasteiger partial charge in [-0.15, -0.1) is 0 Å². The van der Waals surface area contributed by atoms with E-state index in [1.54, 1.807) is 7.11 Å². The summed E-state index contributed by atoms with van der Waals surface area (Å²) < 4.78 is 6.20. The zero-order chi connectivity index (χ0) is 10.6. The number of ether oxygens (including phenoxy) is 1. The van der Waals surface area contributed by atoms with Gasteiger partial charge in [-0.25, -0.2) is 0 Å². The summed E-state index contributed by atoms with van der Waals surface area (Å²) in [7, 11) is 1.68. The average molecular weight is 275 g/mol. The molecule has 0 heterocycles. The van der Waals surface area contributed by atoms with Crippen LogP contribution in [0.2, 0.25) is 0 Å². The van der Waals surface area contributed by atoms with E-state index in [0.717, 1.165) is 16.0 Å². The van der Waals surface area contributed by atoms with Gasteiger partial charge in [0.15, 0.2) is 0 Å². The lowest BCUT2D eigenvalue weighted by molar-refractivity contribution is 0.412. The monoisotopic (exact) mass is 274 g/mol. The summed E-state index contributed by atoms with van der Waals surface area (Å²) >= 11 is 5.42. The molecule has 1 aromatic rings. The van der Waals surface area contributed by atoms with Crippen LogP contribution in [-0.2, 0) is 5.75 Å². The van der Waals surface area contributed by atoms with Gasteiger partial charge in [-0.1, -0.05) is 19.9 Å². The summed E-state index contributed by atoms with van der Waals surface area (Å²) in [5.74, 6) is 1.95. The van der Waals surface area contributed by atoms with E-state index in [1.807, 2.05) is 17.8 Å². The van der Waals surface area contributed by atoms with Crippen molar-refractivity contribution in [2.24, 2.45) is 0 Å². The molecule has 0 unspecified atom stereocenters. The van der Waals surface area contributed by atoms with Crippen LogP contribution in [0, 0.1) is 0 Å². The molecule has 1 rings (SSSR count). The van der Waals surface area contributed by atoms with Crippen LogP contribution in [-0.4, -0.2) is 12.4 Å². The van der Waals surface area contributed by atoms with Crippen LogP contribution in [0.15, 0.2) is 22.7 Å². The summed E-state index contributed by atoms with van der Waals surface area (Å²) in [5, 5.41) is 0.677. The van der Waals surface area contributed by atoms with Crippen LogP contribution >= 0.6 is 27.7 Å². The Morgan fingerprint density at radius 3 is 2.64 bits per heavy atom. The molecule has 78 valence electrons. The van der Waals surface area contributed by atoms with E-state index in [9.17, 15) is 0 Å². The maximum Gasteiger partial charge on any atom is 0.133 e. The van der Waals surface area contributed by atoms with Crippen molar-refractivity contribution in [3.8, 4) is 5.75 Å². The molecule has 0 bridgehead atoms. The maximum absolute atomic E-state index is 5.17. The first-order valence-corrected chi connectivity index (χ1v) is 6.41. The van der Waals surface area contributed by atoms with Gasteiger partial charge in [0.05, 0.1) is 11.6 Å². The number of thioether (sulfide) groups is 1. The summed E-state index contributed by atoms with van der Waals surface area (Å²) in [6.07, 6.45) is 0. The standard InChI is InChI=1S/C11H15BrOS/c1-8(2)14-7-9-4-5-11(13-3)10(12)6-9/h4-6,8H,7H2,1-3H3. The van der Waals surface area contributed by atoms with E-state index in [4.69, 9.17) is 4.74 Å². The SMILES string of the molecule is COc1ccc(CSC(C)C)cc1Br. The molecule has 0 aliphatic heterocycles. The topological polar surface area (TPSA) is 9.23 Å². The van der Waals surface area contributed by atoms with Gasteiger partial charge >= 0.3 is 0 Å². The van der Waals surface area contributed by atoms with Crippen molar-refractivity contribution >= 4 is 27.7 Å². The van der Waals surface area contributed by atoms with Gasteiger partial charge < -0.3 is 4.74 Å². The molecule has 0 saturated heterocycles. The number of methoxy groups -OCH3 is 1. The van der Waals surface area contributed by atoms with Gasteiger partial charge in [-0.3, -0.25) is 0 Å². The number of halogens is 1. The van der Waals surface area contributed by atoms with E-state index >= 15 is 0 Å². The third-order valence-electron chi connectivity index (χ3n) is 1.80. The third-order valence-corrected chi connectivity index (χ3v) is 3.59. The second-order valence-corrected chi connectivity index (χ2v) is 5.75. The molecule has 0 N–H and O–H groups in total. The van der Waals surface area contributed by atoms with E-state index in [1.165, 1.54) is 5.56 Å². The predicted octanol–water partition coefficient (Wildman–Crippen LogP) is 4.10. The molecule has 0 fully saturated rings. The molecule has 0 aromatic heterocycles. The molecule has 0 atom stereocenters. The lowest BCUT2D eigenvalue weighted by atomic mass is 10.2. The largest absolute Gasteiger partial charge is 0.496 e. The molecule has 0 radical (unpaired) electrons. The fourth-order valence-electron chi connectivity index (χ4n) is 1.06. The Morgan fingerprint density at radius 2 is 2.14 bits per heavy atom. The second kappa shape index (κ2) is 5.66. The highest BCUT2D eigenvalue weighted by Gasteiger charge is 2.02. The number of rotatable bonds is 4. The predicted molar refractivity (Wildman–Crippen MR) is 67.1 cm³/mol. The van der Waals surface area contributed by atoms with Crippen molar-refractivity contribution < 1.29 is 4.74 Å². The highest BCUT2D eigenvalue weighted by Crippen LogP contribution is 2.27. The number of benzene rings is 1. The molecule has 0 aliphatic carbocycles. The Kier molecular flexibility index (Phi) is 4.82. The van der Waals surface area contributed by atoms with Crippen molar-refractivity contribution in [3.63, 3.8) is 0 Å². The smallest absolute Gasteiger partial charge is 0.133 e. The first-order valence-electron chi connectivity index (χ1n) is 4.57. The van der Waals surface area contributed by atoms with Crippen molar-refractivity contribution in [3.05, 3.63) is 28.2 Å². The molecule has 1 nitrogen and oxygen atoms in total. The molecule has 0 amide bonds. The quantitative estimate of drug-likeness (QED) is 0.818. The summed E-state index contributed by atoms with van der Waals surface area (Å²) in [6.45, 7) is 4.42. The van der Waals surface area contributed by atoms with Crippen LogP contribution in [0.4, 0.5) is 0 Å². The van der Waals surface area contributed by atoms with E-state index in [-0.39, 0.29) is 0 Å². The van der Waals surface area contributed by atoms with Crippen molar-refractivity contribution in [1.29, 1.82) is 0 Å². The summed E-state index contributed by atoms with van der Waals surface area (Å²) in [6, 6.07) is 6.23. The Bertz CT molecular complexity index is 299. The first kappa shape index (κ1) is 11.9. The highest BCUT2D eigenvalue weighted by molar-refractivity contribution is 9.10. The molecule has 0 saturated carbocycles. The molecular weight excluding hydrogens is 260 g/mol. The van der Waals surface area contributed by atoms with Crippen molar-refractivity contribution in [1.82, 2.24) is 0 Å². The lowest BCUT2D eigenvalue weighted by Gasteiger charge is -2.07. The maximum atomic E-state index is 5.17. The average Bonchev–Trinajstić information content (AvgIpc) is 2.15.